The predicted molar refractivity (Wildman–Crippen MR) is 83.9 cm³/mol. The van der Waals surface area contributed by atoms with Crippen LogP contribution in [0, 0.1) is 0 Å². The van der Waals surface area contributed by atoms with Crippen LogP contribution < -0.4 is 11.1 Å². The van der Waals surface area contributed by atoms with Crippen molar-refractivity contribution in [2.75, 3.05) is 13.1 Å². The van der Waals surface area contributed by atoms with Crippen molar-refractivity contribution in [3.8, 4) is 0 Å². The fourth-order valence-corrected chi connectivity index (χ4v) is 2.75. The molecule has 0 saturated carbocycles. The zero-order valence-electron chi connectivity index (χ0n) is 13.5. The number of rotatable bonds is 9. The Hall–Kier alpha value is -1.67. The van der Waals surface area contributed by atoms with Crippen LogP contribution in [0.1, 0.15) is 45.4 Å². The van der Waals surface area contributed by atoms with E-state index < -0.39 is 30.1 Å². The smallest absolute Gasteiger partial charge is 0.326 e. The Bertz CT molecular complexity index is 429. The van der Waals surface area contributed by atoms with E-state index in [0.29, 0.717) is 38.8 Å². The van der Waals surface area contributed by atoms with E-state index in [9.17, 15) is 19.5 Å². The van der Waals surface area contributed by atoms with Gasteiger partial charge in [0.1, 0.15) is 12.1 Å². The number of carbonyl (C=O) groups is 3. The van der Waals surface area contributed by atoms with E-state index in [1.807, 2.05) is 0 Å². The van der Waals surface area contributed by atoms with Gasteiger partial charge in [0.25, 0.3) is 0 Å². The summed E-state index contributed by atoms with van der Waals surface area (Å²) in [5, 5.41) is 21.3. The molecule has 1 heterocycles. The second kappa shape index (κ2) is 9.46. The van der Waals surface area contributed by atoms with E-state index >= 15 is 0 Å². The van der Waals surface area contributed by atoms with Gasteiger partial charge >= 0.3 is 11.9 Å². The average molecular weight is 329 g/mol. The Balaban J connectivity index is 2.76. The highest BCUT2D eigenvalue weighted by molar-refractivity contribution is 5.87. The van der Waals surface area contributed by atoms with Crippen molar-refractivity contribution in [3.63, 3.8) is 0 Å². The van der Waals surface area contributed by atoms with Gasteiger partial charge in [-0.25, -0.2) is 4.79 Å². The van der Waals surface area contributed by atoms with Crippen molar-refractivity contribution in [2.45, 2.75) is 63.6 Å². The third-order valence-corrected chi connectivity index (χ3v) is 4.20. The molecule has 8 nitrogen and oxygen atoms in total. The van der Waals surface area contributed by atoms with Gasteiger partial charge in [-0.15, -0.1) is 0 Å². The standard InChI is InChI=1S/C15H27N3O5/c1-10(14(20)21)18-9-5-3-6-11(13(18)19)17-12(15(22)23)7-2-4-8-16/h10-12,17H,2-9,16H2,1H3,(H,20,21)(H,22,23)/t10-,11-,12-/m0/s1. The molecule has 0 aromatic heterocycles. The van der Waals surface area contributed by atoms with Crippen molar-refractivity contribution < 1.29 is 24.6 Å². The molecule has 23 heavy (non-hydrogen) atoms. The summed E-state index contributed by atoms with van der Waals surface area (Å²) in [7, 11) is 0. The van der Waals surface area contributed by atoms with Crippen molar-refractivity contribution in [1.82, 2.24) is 10.2 Å². The molecule has 0 aliphatic carbocycles. The SMILES string of the molecule is C[C@@H](C(=O)O)N1CCCC[C@H](N[C@@H](CCCCN)C(=O)O)C1=O. The molecule has 132 valence electrons. The Labute approximate surface area is 136 Å². The molecule has 0 radical (unpaired) electrons. The number of carboxylic acid groups (broad SMARTS) is 2. The van der Waals surface area contributed by atoms with Crippen LogP contribution in [-0.2, 0) is 14.4 Å². The molecule has 8 heteroatoms. The summed E-state index contributed by atoms with van der Waals surface area (Å²) in [5.74, 6) is -2.39. The topological polar surface area (TPSA) is 133 Å². The van der Waals surface area contributed by atoms with Crippen molar-refractivity contribution in [3.05, 3.63) is 0 Å². The maximum absolute atomic E-state index is 12.6. The van der Waals surface area contributed by atoms with E-state index in [1.54, 1.807) is 0 Å². The van der Waals surface area contributed by atoms with Crippen molar-refractivity contribution in [1.29, 1.82) is 0 Å². The van der Waals surface area contributed by atoms with Gasteiger partial charge in [-0.05, 0) is 45.6 Å². The van der Waals surface area contributed by atoms with Gasteiger partial charge in [-0.3, -0.25) is 14.9 Å². The summed E-state index contributed by atoms with van der Waals surface area (Å²) in [5.41, 5.74) is 5.41. The summed E-state index contributed by atoms with van der Waals surface area (Å²) in [6.07, 6.45) is 3.77. The summed E-state index contributed by atoms with van der Waals surface area (Å²) in [6, 6.07) is -2.39. The van der Waals surface area contributed by atoms with Gasteiger partial charge in [0, 0.05) is 6.54 Å². The Morgan fingerprint density at radius 2 is 2.00 bits per heavy atom. The highest BCUT2D eigenvalue weighted by Gasteiger charge is 2.34. The number of carbonyl (C=O) groups excluding carboxylic acids is 1. The van der Waals surface area contributed by atoms with Crippen molar-refractivity contribution >= 4 is 17.8 Å². The molecule has 1 aliphatic rings. The molecular weight excluding hydrogens is 302 g/mol. The van der Waals surface area contributed by atoms with Gasteiger partial charge in [-0.2, -0.15) is 0 Å². The molecular formula is C15H27N3O5. The van der Waals surface area contributed by atoms with Gasteiger partial charge in [-0.1, -0.05) is 6.42 Å². The second-order valence-electron chi connectivity index (χ2n) is 5.94. The highest BCUT2D eigenvalue weighted by atomic mass is 16.4. The number of nitrogens with two attached hydrogens (primary N) is 1. The minimum atomic E-state index is -1.06. The van der Waals surface area contributed by atoms with Gasteiger partial charge < -0.3 is 20.8 Å². The third-order valence-electron chi connectivity index (χ3n) is 4.20. The largest absolute Gasteiger partial charge is 0.480 e. The highest BCUT2D eigenvalue weighted by Crippen LogP contribution is 2.16. The van der Waals surface area contributed by atoms with Crippen LogP contribution >= 0.6 is 0 Å². The Morgan fingerprint density at radius 1 is 1.30 bits per heavy atom. The second-order valence-corrected chi connectivity index (χ2v) is 5.94. The fraction of sp³-hybridized carbons (Fsp3) is 0.800. The molecule has 3 atom stereocenters. The molecule has 0 unspecified atom stereocenters. The molecule has 0 aromatic rings. The van der Waals surface area contributed by atoms with Crippen molar-refractivity contribution in [2.24, 2.45) is 5.73 Å². The zero-order chi connectivity index (χ0) is 17.4. The maximum atomic E-state index is 12.6. The number of amides is 1. The lowest BCUT2D eigenvalue weighted by molar-refractivity contribution is -0.150. The first-order valence-electron chi connectivity index (χ1n) is 8.10. The monoisotopic (exact) mass is 329 g/mol. The lowest BCUT2D eigenvalue weighted by Gasteiger charge is -2.29. The first-order chi connectivity index (χ1) is 10.9. The number of hydrogen-bond acceptors (Lipinski definition) is 5. The Kier molecular flexibility index (Phi) is 7.97. The molecule has 1 rings (SSSR count). The third kappa shape index (κ3) is 5.80. The maximum Gasteiger partial charge on any atom is 0.326 e. The Morgan fingerprint density at radius 3 is 2.57 bits per heavy atom. The summed E-state index contributed by atoms with van der Waals surface area (Å²) in [6.45, 7) is 2.35. The number of nitrogens with zero attached hydrogens (tertiary/aromatic N) is 1. The van der Waals surface area contributed by atoms with E-state index in [-0.39, 0.29) is 5.91 Å². The predicted octanol–water partition coefficient (Wildman–Crippen LogP) is 0.0124. The first-order valence-corrected chi connectivity index (χ1v) is 8.10. The van der Waals surface area contributed by atoms with Crippen LogP contribution in [0.25, 0.3) is 0 Å². The number of unbranched alkanes of at least 4 members (excludes halogenated alkanes) is 1. The van der Waals surface area contributed by atoms with Crippen LogP contribution in [0.2, 0.25) is 0 Å². The number of carboxylic acids is 2. The van der Waals surface area contributed by atoms with Crippen LogP contribution in [0.5, 0.6) is 0 Å². The molecule has 1 fully saturated rings. The van der Waals surface area contributed by atoms with E-state index in [1.165, 1.54) is 11.8 Å². The van der Waals surface area contributed by atoms with Gasteiger partial charge in [0.05, 0.1) is 6.04 Å². The first kappa shape index (κ1) is 19.4. The van der Waals surface area contributed by atoms with E-state index in [4.69, 9.17) is 10.8 Å². The average Bonchev–Trinajstić information content (AvgIpc) is 2.67. The molecule has 1 saturated heterocycles. The molecule has 0 aromatic carbocycles. The minimum Gasteiger partial charge on any atom is -0.480 e. The van der Waals surface area contributed by atoms with Crippen LogP contribution in [-0.4, -0.2) is 64.2 Å². The van der Waals surface area contributed by atoms with E-state index in [0.717, 1.165) is 12.8 Å². The number of nitrogens with one attached hydrogen (secondary N) is 1. The fourth-order valence-electron chi connectivity index (χ4n) is 2.75. The van der Waals surface area contributed by atoms with Gasteiger partial charge in [0.2, 0.25) is 5.91 Å². The molecule has 1 amide bonds. The summed E-state index contributed by atoms with van der Waals surface area (Å²) >= 11 is 0. The molecule has 0 bridgehead atoms. The van der Waals surface area contributed by atoms with Crippen LogP contribution in [0.15, 0.2) is 0 Å². The van der Waals surface area contributed by atoms with Crippen LogP contribution in [0.3, 0.4) is 0 Å². The van der Waals surface area contributed by atoms with Gasteiger partial charge in [0.15, 0.2) is 0 Å². The number of hydrogen-bond donors (Lipinski definition) is 4. The molecule has 0 spiro atoms. The summed E-state index contributed by atoms with van der Waals surface area (Å²) < 4.78 is 0. The van der Waals surface area contributed by atoms with E-state index in [2.05, 4.69) is 5.32 Å². The number of aliphatic carboxylic acids is 2. The summed E-state index contributed by atoms with van der Waals surface area (Å²) in [4.78, 5) is 36.4. The quantitative estimate of drug-likeness (QED) is 0.438. The van der Waals surface area contributed by atoms with Crippen LogP contribution in [0.4, 0.5) is 0 Å². The minimum absolute atomic E-state index is 0.331. The number of likely N-dealkylation sites (tertiary alicyclic amines) is 1. The lowest BCUT2D eigenvalue weighted by atomic mass is 10.1. The zero-order valence-corrected chi connectivity index (χ0v) is 13.5. The molecule has 1 aliphatic heterocycles. The molecule has 5 N–H and O–H groups in total. The lowest BCUT2D eigenvalue weighted by Crippen LogP contribution is -2.54. The normalized spacial score (nSPS) is 21.6.